The maximum atomic E-state index is 13.3. The molecule has 0 bridgehead atoms. The van der Waals surface area contributed by atoms with Crippen molar-refractivity contribution in [1.29, 1.82) is 0 Å². The van der Waals surface area contributed by atoms with Crippen molar-refractivity contribution in [2.75, 3.05) is 17.5 Å². The van der Waals surface area contributed by atoms with Crippen LogP contribution in [0.2, 0.25) is 0 Å². The number of carbonyl (C=O) groups is 1. The first kappa shape index (κ1) is 22.7. The first-order chi connectivity index (χ1) is 13.6. The predicted molar refractivity (Wildman–Crippen MR) is 111 cm³/mol. The normalized spacial score (nSPS) is 11.8. The number of halogens is 1. The molecule has 2 aromatic carbocycles. The van der Waals surface area contributed by atoms with Gasteiger partial charge in [-0.15, -0.1) is 0 Å². The summed E-state index contributed by atoms with van der Waals surface area (Å²) in [6.45, 7) is 7.57. The number of ether oxygens (including phenoxy) is 1. The van der Waals surface area contributed by atoms with Crippen molar-refractivity contribution in [3.05, 3.63) is 54.3 Å². The highest BCUT2D eigenvalue weighted by atomic mass is 32.2. The van der Waals surface area contributed by atoms with Crippen molar-refractivity contribution in [2.45, 2.75) is 44.6 Å². The second kappa shape index (κ2) is 9.26. The number of carbonyl (C=O) groups excluding carboxylic acids is 1. The van der Waals surface area contributed by atoms with E-state index in [1.165, 1.54) is 12.1 Å². The van der Waals surface area contributed by atoms with Crippen LogP contribution in [0.25, 0.3) is 0 Å². The maximum absolute atomic E-state index is 13.3. The fraction of sp³-hybridized carbons (Fsp3) is 0.381. The van der Waals surface area contributed by atoms with Gasteiger partial charge in [0.05, 0.1) is 17.2 Å². The van der Waals surface area contributed by atoms with Crippen molar-refractivity contribution in [1.82, 2.24) is 5.32 Å². The maximum Gasteiger partial charge on any atom is 0.264 e. The molecule has 29 heavy (non-hydrogen) atoms. The molecule has 1 N–H and O–H groups in total. The molecule has 8 heteroatoms. The van der Waals surface area contributed by atoms with Gasteiger partial charge >= 0.3 is 0 Å². The lowest BCUT2D eigenvalue weighted by atomic mass is 10.0. The highest BCUT2D eigenvalue weighted by Crippen LogP contribution is 2.26. The molecule has 158 valence electrons. The molecule has 0 radical (unpaired) electrons. The third-order valence-electron chi connectivity index (χ3n) is 4.49. The van der Waals surface area contributed by atoms with Crippen LogP contribution in [0.3, 0.4) is 0 Å². The zero-order valence-corrected chi connectivity index (χ0v) is 17.9. The largest absolute Gasteiger partial charge is 0.494 e. The van der Waals surface area contributed by atoms with E-state index < -0.39 is 33.8 Å². The Balaban J connectivity index is 2.41. The van der Waals surface area contributed by atoms with Crippen molar-refractivity contribution in [3.63, 3.8) is 0 Å². The Bertz CT molecular complexity index is 926. The number of hydrogen-bond acceptors (Lipinski definition) is 4. The Labute approximate surface area is 171 Å². The Morgan fingerprint density at radius 3 is 2.17 bits per heavy atom. The second-order valence-electron chi connectivity index (χ2n) is 7.18. The fourth-order valence-corrected chi connectivity index (χ4v) is 3.98. The number of hydrogen-bond donors (Lipinski definition) is 1. The van der Waals surface area contributed by atoms with Crippen molar-refractivity contribution >= 4 is 21.6 Å². The first-order valence-corrected chi connectivity index (χ1v) is 10.8. The third kappa shape index (κ3) is 5.93. The van der Waals surface area contributed by atoms with Crippen LogP contribution >= 0.6 is 0 Å². The molecule has 0 aliphatic carbocycles. The van der Waals surface area contributed by atoms with E-state index in [-0.39, 0.29) is 4.90 Å². The van der Waals surface area contributed by atoms with Gasteiger partial charge in [-0.1, -0.05) is 6.92 Å². The van der Waals surface area contributed by atoms with Gasteiger partial charge in [-0.05, 0) is 75.7 Å². The van der Waals surface area contributed by atoms with Crippen LogP contribution in [0.4, 0.5) is 10.1 Å². The van der Waals surface area contributed by atoms with Crippen LogP contribution in [0.15, 0.2) is 53.4 Å². The zero-order valence-electron chi connectivity index (χ0n) is 17.1. The lowest BCUT2D eigenvalue weighted by Crippen LogP contribution is -2.48. The van der Waals surface area contributed by atoms with E-state index in [4.69, 9.17) is 4.74 Å². The van der Waals surface area contributed by atoms with Crippen LogP contribution < -0.4 is 14.4 Å². The summed E-state index contributed by atoms with van der Waals surface area (Å²) >= 11 is 0. The van der Waals surface area contributed by atoms with Gasteiger partial charge in [0, 0.05) is 5.54 Å². The minimum absolute atomic E-state index is 0.102. The van der Waals surface area contributed by atoms with Gasteiger partial charge in [0.2, 0.25) is 5.91 Å². The Morgan fingerprint density at radius 1 is 1.07 bits per heavy atom. The average molecular weight is 423 g/mol. The van der Waals surface area contributed by atoms with Crippen molar-refractivity contribution in [2.24, 2.45) is 0 Å². The first-order valence-electron chi connectivity index (χ1n) is 9.41. The SMILES string of the molecule is CCOc1ccc(N(CC(=O)NC(C)(C)CC)S(=O)(=O)c2ccc(F)cc2)cc1. The third-order valence-corrected chi connectivity index (χ3v) is 6.27. The van der Waals surface area contributed by atoms with E-state index in [0.717, 1.165) is 16.4 Å². The Hall–Kier alpha value is -2.61. The smallest absolute Gasteiger partial charge is 0.264 e. The predicted octanol–water partition coefficient (Wildman–Crippen LogP) is 3.72. The molecular weight excluding hydrogens is 395 g/mol. The van der Waals surface area contributed by atoms with Crippen LogP contribution in [0.1, 0.15) is 34.1 Å². The lowest BCUT2D eigenvalue weighted by Gasteiger charge is -2.28. The highest BCUT2D eigenvalue weighted by Gasteiger charge is 2.29. The molecule has 0 aliphatic rings. The molecule has 2 aromatic rings. The number of anilines is 1. The van der Waals surface area contributed by atoms with Gasteiger partial charge < -0.3 is 10.1 Å². The topological polar surface area (TPSA) is 75.7 Å². The van der Waals surface area contributed by atoms with Gasteiger partial charge in [0.15, 0.2) is 0 Å². The van der Waals surface area contributed by atoms with E-state index in [9.17, 15) is 17.6 Å². The highest BCUT2D eigenvalue weighted by molar-refractivity contribution is 7.92. The van der Waals surface area contributed by atoms with Crippen molar-refractivity contribution < 1.29 is 22.3 Å². The molecule has 0 unspecified atom stereocenters. The summed E-state index contributed by atoms with van der Waals surface area (Å²) in [5.41, 5.74) is -0.163. The molecule has 2 rings (SSSR count). The number of nitrogens with zero attached hydrogens (tertiary/aromatic N) is 1. The summed E-state index contributed by atoms with van der Waals surface area (Å²) in [6, 6.07) is 10.9. The summed E-state index contributed by atoms with van der Waals surface area (Å²) in [5, 5.41) is 2.84. The number of sulfonamides is 1. The summed E-state index contributed by atoms with van der Waals surface area (Å²) in [7, 11) is -4.09. The lowest BCUT2D eigenvalue weighted by molar-refractivity contribution is -0.121. The van der Waals surface area contributed by atoms with Crippen LogP contribution in [0, 0.1) is 5.82 Å². The van der Waals surface area contributed by atoms with Crippen molar-refractivity contribution in [3.8, 4) is 5.75 Å². The fourth-order valence-electron chi connectivity index (χ4n) is 2.56. The van der Waals surface area contributed by atoms with E-state index >= 15 is 0 Å². The molecule has 1 amide bonds. The number of benzene rings is 2. The van der Waals surface area contributed by atoms with E-state index in [1.54, 1.807) is 24.3 Å². The van der Waals surface area contributed by atoms with E-state index in [2.05, 4.69) is 5.32 Å². The molecule has 0 atom stereocenters. The Kier molecular flexibility index (Phi) is 7.24. The Morgan fingerprint density at radius 2 is 1.66 bits per heavy atom. The monoisotopic (exact) mass is 422 g/mol. The van der Waals surface area contributed by atoms with E-state index in [0.29, 0.717) is 24.5 Å². The van der Waals surface area contributed by atoms with Crippen LogP contribution in [-0.4, -0.2) is 33.0 Å². The summed E-state index contributed by atoms with van der Waals surface area (Å²) in [4.78, 5) is 12.5. The van der Waals surface area contributed by atoms with Gasteiger partial charge in [-0.2, -0.15) is 0 Å². The number of nitrogens with one attached hydrogen (secondary N) is 1. The molecule has 0 saturated heterocycles. The van der Waals surface area contributed by atoms with E-state index in [1.807, 2.05) is 27.7 Å². The van der Waals surface area contributed by atoms with Gasteiger partial charge in [-0.3, -0.25) is 9.10 Å². The summed E-state index contributed by atoms with van der Waals surface area (Å²) in [5.74, 6) is -0.387. The summed E-state index contributed by atoms with van der Waals surface area (Å²) in [6.07, 6.45) is 0.687. The van der Waals surface area contributed by atoms with Gasteiger partial charge in [-0.25, -0.2) is 12.8 Å². The minimum Gasteiger partial charge on any atom is -0.494 e. The number of amides is 1. The molecule has 0 heterocycles. The molecule has 6 nitrogen and oxygen atoms in total. The van der Waals surface area contributed by atoms with Gasteiger partial charge in [0.25, 0.3) is 10.0 Å². The summed E-state index contributed by atoms with van der Waals surface area (Å²) < 4.78 is 46.1. The molecule has 0 spiro atoms. The average Bonchev–Trinajstić information content (AvgIpc) is 2.67. The molecule has 0 aromatic heterocycles. The molecule has 0 fully saturated rings. The molecular formula is C21H27FN2O4S. The van der Waals surface area contributed by atoms with Crippen LogP contribution in [-0.2, 0) is 14.8 Å². The minimum atomic E-state index is -4.09. The zero-order chi connectivity index (χ0) is 21.7. The molecule has 0 saturated carbocycles. The molecule has 0 aliphatic heterocycles. The second-order valence-corrected chi connectivity index (χ2v) is 9.04. The van der Waals surface area contributed by atoms with Crippen LogP contribution in [0.5, 0.6) is 5.75 Å². The standard InChI is InChI=1S/C21H27FN2O4S/c1-5-21(3,4)23-20(25)15-24(17-9-11-18(12-10-17)28-6-2)29(26,27)19-13-7-16(22)8-14-19/h7-14H,5-6,15H2,1-4H3,(H,23,25). The number of rotatable bonds is 9. The van der Waals surface area contributed by atoms with Gasteiger partial charge in [0.1, 0.15) is 18.1 Å². The quantitative estimate of drug-likeness (QED) is 0.668.